The summed E-state index contributed by atoms with van der Waals surface area (Å²) in [5, 5.41) is 9.33. The monoisotopic (exact) mass is 142 g/mol. The summed E-state index contributed by atoms with van der Waals surface area (Å²) in [6.45, 7) is 3.15. The third kappa shape index (κ3) is 0.583. The maximum absolute atomic E-state index is 10.8. The fourth-order valence-electron chi connectivity index (χ4n) is 1.01. The van der Waals surface area contributed by atoms with E-state index in [-0.39, 0.29) is 12.2 Å². The molecule has 1 unspecified atom stereocenters. The van der Waals surface area contributed by atoms with E-state index in [4.69, 9.17) is 0 Å². The van der Waals surface area contributed by atoms with Crippen molar-refractivity contribution in [3.8, 4) is 0 Å². The lowest BCUT2D eigenvalue weighted by molar-refractivity contribution is -0.177. The normalized spacial score (nSPS) is 36.9. The predicted molar refractivity (Wildman–Crippen MR) is 34.4 cm³/mol. The number of ketones is 1. The Morgan fingerprint density at radius 2 is 2.10 bits per heavy atom. The van der Waals surface area contributed by atoms with E-state index in [0.29, 0.717) is 6.29 Å². The van der Waals surface area contributed by atoms with Crippen LogP contribution >= 0.6 is 0 Å². The van der Waals surface area contributed by atoms with Crippen molar-refractivity contribution in [2.75, 3.05) is 0 Å². The highest BCUT2D eigenvalue weighted by molar-refractivity contribution is 6.00. The molecule has 0 heterocycles. The Bertz CT molecular complexity index is 192. The van der Waals surface area contributed by atoms with Crippen molar-refractivity contribution in [1.82, 2.24) is 0 Å². The molecule has 3 nitrogen and oxygen atoms in total. The molecule has 0 saturated heterocycles. The van der Waals surface area contributed by atoms with Crippen LogP contribution in [0.4, 0.5) is 0 Å². The highest BCUT2D eigenvalue weighted by Crippen LogP contribution is 2.44. The number of Topliss-reactive ketones (excluding diaryl/α,β-unsaturated/α-hetero) is 1. The Kier molecular flexibility index (Phi) is 1.23. The molecule has 0 spiro atoms. The molecule has 3 heteroatoms. The third-order valence-electron chi connectivity index (χ3n) is 2.40. The second-order valence-electron chi connectivity index (χ2n) is 3.27. The smallest absolute Gasteiger partial charge is 0.153 e. The summed E-state index contributed by atoms with van der Waals surface area (Å²) in [4.78, 5) is 21.1. The van der Waals surface area contributed by atoms with Crippen LogP contribution in [0.25, 0.3) is 0 Å². The SMILES string of the molecule is CC1(C)C(=O)CC1(O)C=O. The summed E-state index contributed by atoms with van der Waals surface area (Å²) in [6, 6.07) is 0. The number of hydrogen-bond donors (Lipinski definition) is 1. The van der Waals surface area contributed by atoms with Gasteiger partial charge in [-0.1, -0.05) is 0 Å². The van der Waals surface area contributed by atoms with Crippen LogP contribution in [0.15, 0.2) is 0 Å². The van der Waals surface area contributed by atoms with Gasteiger partial charge < -0.3 is 9.90 Å². The Balaban J connectivity index is 2.90. The lowest BCUT2D eigenvalue weighted by Gasteiger charge is -2.46. The average Bonchev–Trinajstić information content (AvgIpc) is 1.88. The van der Waals surface area contributed by atoms with Crippen molar-refractivity contribution in [3.05, 3.63) is 0 Å². The summed E-state index contributed by atoms with van der Waals surface area (Å²) in [7, 11) is 0. The van der Waals surface area contributed by atoms with Crippen LogP contribution in [-0.2, 0) is 9.59 Å². The quantitative estimate of drug-likeness (QED) is 0.521. The van der Waals surface area contributed by atoms with E-state index in [9.17, 15) is 14.7 Å². The van der Waals surface area contributed by atoms with Crippen molar-refractivity contribution in [3.63, 3.8) is 0 Å². The first kappa shape index (κ1) is 7.41. The fourth-order valence-corrected chi connectivity index (χ4v) is 1.01. The van der Waals surface area contributed by atoms with Crippen LogP contribution in [0.2, 0.25) is 0 Å². The molecule has 0 radical (unpaired) electrons. The minimum atomic E-state index is -1.40. The van der Waals surface area contributed by atoms with Gasteiger partial charge in [-0.25, -0.2) is 0 Å². The van der Waals surface area contributed by atoms with Gasteiger partial charge in [-0.05, 0) is 13.8 Å². The molecule has 56 valence electrons. The first-order valence-electron chi connectivity index (χ1n) is 3.16. The average molecular weight is 142 g/mol. The van der Waals surface area contributed by atoms with Crippen LogP contribution in [0.5, 0.6) is 0 Å². The molecule has 1 saturated carbocycles. The molecule has 1 atom stereocenters. The van der Waals surface area contributed by atoms with Gasteiger partial charge in [0.2, 0.25) is 0 Å². The molecule has 0 aromatic rings. The van der Waals surface area contributed by atoms with Gasteiger partial charge in [0.1, 0.15) is 11.4 Å². The standard InChI is InChI=1S/C7H10O3/c1-6(2)5(9)3-7(6,10)4-8/h4,10H,3H2,1-2H3. The number of rotatable bonds is 1. The molecule has 0 aliphatic heterocycles. The number of carbonyl (C=O) groups excluding carboxylic acids is 2. The highest BCUT2D eigenvalue weighted by Gasteiger charge is 2.59. The van der Waals surface area contributed by atoms with Crippen molar-refractivity contribution in [1.29, 1.82) is 0 Å². The van der Waals surface area contributed by atoms with E-state index >= 15 is 0 Å². The first-order valence-corrected chi connectivity index (χ1v) is 3.16. The van der Waals surface area contributed by atoms with Gasteiger partial charge in [0.25, 0.3) is 0 Å². The van der Waals surface area contributed by atoms with E-state index < -0.39 is 11.0 Å². The van der Waals surface area contributed by atoms with E-state index in [1.54, 1.807) is 13.8 Å². The number of aliphatic hydroxyl groups is 1. The van der Waals surface area contributed by atoms with Gasteiger partial charge in [0, 0.05) is 6.42 Å². The van der Waals surface area contributed by atoms with Crippen molar-refractivity contribution in [2.45, 2.75) is 25.9 Å². The van der Waals surface area contributed by atoms with Gasteiger partial charge in [-0.3, -0.25) is 4.79 Å². The molecule has 0 bridgehead atoms. The highest BCUT2D eigenvalue weighted by atomic mass is 16.3. The first-order chi connectivity index (χ1) is 4.44. The molecule has 1 fully saturated rings. The maximum Gasteiger partial charge on any atom is 0.153 e. The van der Waals surface area contributed by atoms with Crippen molar-refractivity contribution in [2.24, 2.45) is 5.41 Å². The summed E-state index contributed by atoms with van der Waals surface area (Å²) < 4.78 is 0. The molecule has 1 aliphatic rings. The van der Waals surface area contributed by atoms with Crippen LogP contribution in [0.3, 0.4) is 0 Å². The number of hydrogen-bond acceptors (Lipinski definition) is 3. The molecule has 1 rings (SSSR count). The van der Waals surface area contributed by atoms with Crippen LogP contribution in [0.1, 0.15) is 20.3 Å². The molecule has 1 aliphatic carbocycles. The van der Waals surface area contributed by atoms with Gasteiger partial charge in [-0.15, -0.1) is 0 Å². The zero-order valence-corrected chi connectivity index (χ0v) is 6.05. The van der Waals surface area contributed by atoms with E-state index in [2.05, 4.69) is 0 Å². The molecule has 0 aromatic heterocycles. The van der Waals surface area contributed by atoms with Gasteiger partial charge >= 0.3 is 0 Å². The van der Waals surface area contributed by atoms with Crippen LogP contribution in [-0.4, -0.2) is 22.8 Å². The minimum absolute atomic E-state index is 0.0243. The van der Waals surface area contributed by atoms with Gasteiger partial charge in [0.15, 0.2) is 6.29 Å². The van der Waals surface area contributed by atoms with E-state index in [1.807, 2.05) is 0 Å². The zero-order valence-electron chi connectivity index (χ0n) is 6.05. The molecular formula is C7H10O3. The lowest BCUT2D eigenvalue weighted by Crippen LogP contribution is -2.62. The number of aldehydes is 1. The molecule has 0 aromatic carbocycles. The molecule has 10 heavy (non-hydrogen) atoms. The summed E-state index contributed by atoms with van der Waals surface area (Å²) in [5.41, 5.74) is -2.27. The second-order valence-corrected chi connectivity index (χ2v) is 3.27. The second kappa shape index (κ2) is 1.66. The zero-order chi connectivity index (χ0) is 7.99. The van der Waals surface area contributed by atoms with Gasteiger partial charge in [0.05, 0.1) is 5.41 Å². The summed E-state index contributed by atoms with van der Waals surface area (Å²) in [6.07, 6.45) is 0.428. The van der Waals surface area contributed by atoms with Gasteiger partial charge in [-0.2, -0.15) is 0 Å². The minimum Gasteiger partial charge on any atom is -0.381 e. The Morgan fingerprint density at radius 1 is 1.60 bits per heavy atom. The molecule has 1 N–H and O–H groups in total. The topological polar surface area (TPSA) is 54.4 Å². The fraction of sp³-hybridized carbons (Fsp3) is 0.714. The number of carbonyl (C=O) groups is 2. The third-order valence-corrected chi connectivity index (χ3v) is 2.40. The summed E-state index contributed by atoms with van der Waals surface area (Å²) in [5.74, 6) is -0.0536. The Morgan fingerprint density at radius 3 is 2.20 bits per heavy atom. The molecule has 0 amide bonds. The van der Waals surface area contributed by atoms with Crippen molar-refractivity contribution < 1.29 is 14.7 Å². The van der Waals surface area contributed by atoms with E-state index in [1.165, 1.54) is 0 Å². The Hall–Kier alpha value is -0.700. The Labute approximate surface area is 59.0 Å². The summed E-state index contributed by atoms with van der Waals surface area (Å²) >= 11 is 0. The molecular weight excluding hydrogens is 132 g/mol. The van der Waals surface area contributed by atoms with E-state index in [0.717, 1.165) is 0 Å². The van der Waals surface area contributed by atoms with Crippen molar-refractivity contribution >= 4 is 12.1 Å². The van der Waals surface area contributed by atoms with Crippen LogP contribution in [0, 0.1) is 5.41 Å². The maximum atomic E-state index is 10.8. The predicted octanol–water partition coefficient (Wildman–Crippen LogP) is -0.0846. The largest absolute Gasteiger partial charge is 0.381 e. The van der Waals surface area contributed by atoms with Crippen LogP contribution < -0.4 is 0 Å². The lowest BCUT2D eigenvalue weighted by atomic mass is 9.58.